The van der Waals surface area contributed by atoms with Gasteiger partial charge in [0.25, 0.3) is 0 Å². The fourth-order valence-corrected chi connectivity index (χ4v) is 1.41. The van der Waals surface area contributed by atoms with E-state index in [0.717, 1.165) is 6.42 Å². The molecule has 0 radical (unpaired) electrons. The molecule has 2 heteroatoms. The molecule has 0 aromatic carbocycles. The minimum atomic E-state index is -0.178. The zero-order valence-corrected chi connectivity index (χ0v) is 9.18. The summed E-state index contributed by atoms with van der Waals surface area (Å²) in [5.41, 5.74) is -0.178. The smallest absolute Gasteiger partial charge is 0.226 e. The predicted molar refractivity (Wildman–Crippen MR) is 54.4 cm³/mol. The van der Waals surface area contributed by atoms with Gasteiger partial charge < -0.3 is 5.32 Å². The van der Waals surface area contributed by atoms with Crippen LogP contribution in [0.25, 0.3) is 0 Å². The Morgan fingerprint density at radius 3 is 2.38 bits per heavy atom. The average molecular weight is 183 g/mol. The molecular formula is C11H21NO. The van der Waals surface area contributed by atoms with Gasteiger partial charge in [0.1, 0.15) is 0 Å². The van der Waals surface area contributed by atoms with Gasteiger partial charge >= 0.3 is 0 Å². The van der Waals surface area contributed by atoms with Crippen molar-refractivity contribution in [1.29, 1.82) is 0 Å². The van der Waals surface area contributed by atoms with Gasteiger partial charge in [0.2, 0.25) is 5.91 Å². The Labute approximate surface area is 81.1 Å². The summed E-state index contributed by atoms with van der Waals surface area (Å²) in [6, 6.07) is 0.483. The lowest BCUT2D eigenvalue weighted by molar-refractivity contribution is -0.132. The van der Waals surface area contributed by atoms with Crippen molar-refractivity contribution >= 4 is 5.91 Å². The maximum Gasteiger partial charge on any atom is 0.226 e. The van der Waals surface area contributed by atoms with Crippen molar-refractivity contribution in [3.05, 3.63) is 0 Å². The fourth-order valence-electron chi connectivity index (χ4n) is 1.41. The summed E-state index contributed by atoms with van der Waals surface area (Å²) in [4.78, 5) is 11.9. The van der Waals surface area contributed by atoms with E-state index in [9.17, 15) is 4.79 Å². The van der Waals surface area contributed by atoms with Crippen LogP contribution in [0.2, 0.25) is 0 Å². The SMILES string of the molecule is CCC(C)(C(=O)NC1CC1)C(C)C. The molecule has 0 aromatic heterocycles. The molecule has 1 saturated carbocycles. The number of carbonyl (C=O) groups excluding carboxylic acids is 1. The third-order valence-electron chi connectivity index (χ3n) is 3.44. The molecule has 76 valence electrons. The summed E-state index contributed by atoms with van der Waals surface area (Å²) in [6.07, 6.45) is 3.26. The molecule has 1 N–H and O–H groups in total. The number of rotatable bonds is 4. The highest BCUT2D eigenvalue weighted by Gasteiger charge is 2.37. The van der Waals surface area contributed by atoms with Crippen molar-refractivity contribution in [2.45, 2.75) is 53.0 Å². The van der Waals surface area contributed by atoms with E-state index in [-0.39, 0.29) is 11.3 Å². The molecule has 1 fully saturated rings. The van der Waals surface area contributed by atoms with Gasteiger partial charge in [0.05, 0.1) is 0 Å². The summed E-state index contributed by atoms with van der Waals surface area (Å²) < 4.78 is 0. The summed E-state index contributed by atoms with van der Waals surface area (Å²) in [6.45, 7) is 8.40. The molecule has 0 saturated heterocycles. The number of nitrogens with one attached hydrogen (secondary N) is 1. The quantitative estimate of drug-likeness (QED) is 0.712. The molecule has 2 nitrogen and oxygen atoms in total. The van der Waals surface area contributed by atoms with Crippen LogP contribution < -0.4 is 5.32 Å². The first-order chi connectivity index (χ1) is 6.00. The molecule has 13 heavy (non-hydrogen) atoms. The number of hydrogen-bond acceptors (Lipinski definition) is 1. The van der Waals surface area contributed by atoms with Crippen LogP contribution in [0, 0.1) is 11.3 Å². The van der Waals surface area contributed by atoms with Gasteiger partial charge in [-0.25, -0.2) is 0 Å². The minimum Gasteiger partial charge on any atom is -0.353 e. The van der Waals surface area contributed by atoms with Crippen LogP contribution in [0.1, 0.15) is 47.0 Å². The minimum absolute atomic E-state index is 0.178. The predicted octanol–water partition coefficient (Wildman–Crippen LogP) is 2.34. The van der Waals surface area contributed by atoms with Crippen LogP contribution in [0.15, 0.2) is 0 Å². The molecule has 1 unspecified atom stereocenters. The molecule has 1 amide bonds. The lowest BCUT2D eigenvalue weighted by atomic mass is 9.76. The summed E-state index contributed by atoms with van der Waals surface area (Å²) >= 11 is 0. The van der Waals surface area contributed by atoms with Crippen molar-refractivity contribution in [2.75, 3.05) is 0 Å². The third kappa shape index (κ3) is 2.23. The standard InChI is InChI=1S/C11H21NO/c1-5-11(4,8(2)3)10(13)12-9-6-7-9/h8-9H,5-7H2,1-4H3,(H,12,13). The van der Waals surface area contributed by atoms with E-state index in [4.69, 9.17) is 0 Å². The van der Waals surface area contributed by atoms with E-state index in [1.54, 1.807) is 0 Å². The molecule has 0 aromatic rings. The first-order valence-corrected chi connectivity index (χ1v) is 5.31. The van der Waals surface area contributed by atoms with Gasteiger partial charge in [-0.15, -0.1) is 0 Å². The van der Waals surface area contributed by atoms with E-state index < -0.39 is 0 Å². The Morgan fingerprint density at radius 2 is 2.08 bits per heavy atom. The zero-order valence-electron chi connectivity index (χ0n) is 9.18. The van der Waals surface area contributed by atoms with Gasteiger partial charge in [-0.2, -0.15) is 0 Å². The van der Waals surface area contributed by atoms with Gasteiger partial charge in [-0.05, 0) is 25.2 Å². The van der Waals surface area contributed by atoms with E-state index in [2.05, 4.69) is 33.0 Å². The monoisotopic (exact) mass is 183 g/mol. The topological polar surface area (TPSA) is 29.1 Å². The maximum atomic E-state index is 11.9. The first-order valence-electron chi connectivity index (χ1n) is 5.31. The molecule has 0 aliphatic heterocycles. The van der Waals surface area contributed by atoms with Crippen molar-refractivity contribution in [3.63, 3.8) is 0 Å². The number of amides is 1. The molecule has 0 bridgehead atoms. The van der Waals surface area contributed by atoms with Crippen molar-refractivity contribution < 1.29 is 4.79 Å². The van der Waals surface area contributed by atoms with E-state index in [1.807, 2.05) is 0 Å². The molecular weight excluding hydrogens is 162 g/mol. The van der Waals surface area contributed by atoms with Crippen molar-refractivity contribution in [1.82, 2.24) is 5.32 Å². The Balaban J connectivity index is 2.57. The highest BCUT2D eigenvalue weighted by atomic mass is 16.2. The lowest BCUT2D eigenvalue weighted by Gasteiger charge is -2.31. The molecule has 1 aliphatic rings. The average Bonchev–Trinajstić information content (AvgIpc) is 2.86. The molecule has 1 aliphatic carbocycles. The molecule has 0 heterocycles. The van der Waals surface area contributed by atoms with E-state index in [0.29, 0.717) is 12.0 Å². The van der Waals surface area contributed by atoms with Gasteiger partial charge in [0, 0.05) is 11.5 Å². The second-order valence-corrected chi connectivity index (χ2v) is 4.67. The Hall–Kier alpha value is -0.530. The first kappa shape index (κ1) is 10.6. The van der Waals surface area contributed by atoms with E-state index >= 15 is 0 Å². The van der Waals surface area contributed by atoms with Gasteiger partial charge in [-0.1, -0.05) is 27.7 Å². The number of hydrogen-bond donors (Lipinski definition) is 1. The second-order valence-electron chi connectivity index (χ2n) is 4.67. The van der Waals surface area contributed by atoms with Gasteiger partial charge in [0.15, 0.2) is 0 Å². The van der Waals surface area contributed by atoms with Crippen LogP contribution in [-0.4, -0.2) is 11.9 Å². The van der Waals surface area contributed by atoms with Gasteiger partial charge in [-0.3, -0.25) is 4.79 Å². The van der Waals surface area contributed by atoms with Crippen molar-refractivity contribution in [3.8, 4) is 0 Å². The summed E-state index contributed by atoms with van der Waals surface area (Å²) in [5.74, 6) is 0.656. The largest absolute Gasteiger partial charge is 0.353 e. The van der Waals surface area contributed by atoms with Crippen LogP contribution in [0.5, 0.6) is 0 Å². The fraction of sp³-hybridized carbons (Fsp3) is 0.909. The second kappa shape index (κ2) is 3.69. The summed E-state index contributed by atoms with van der Waals surface area (Å²) in [5, 5.41) is 3.09. The highest BCUT2D eigenvalue weighted by Crippen LogP contribution is 2.32. The Morgan fingerprint density at radius 1 is 1.54 bits per heavy atom. The normalized spacial score (nSPS) is 21.3. The van der Waals surface area contributed by atoms with Crippen LogP contribution >= 0.6 is 0 Å². The zero-order chi connectivity index (χ0) is 10.1. The number of carbonyl (C=O) groups is 1. The van der Waals surface area contributed by atoms with Crippen LogP contribution in [-0.2, 0) is 4.79 Å². The highest BCUT2D eigenvalue weighted by molar-refractivity contribution is 5.82. The molecule has 1 atom stereocenters. The summed E-state index contributed by atoms with van der Waals surface area (Å²) in [7, 11) is 0. The lowest BCUT2D eigenvalue weighted by Crippen LogP contribution is -2.42. The molecule has 1 rings (SSSR count). The van der Waals surface area contributed by atoms with Crippen molar-refractivity contribution in [2.24, 2.45) is 11.3 Å². The molecule has 0 spiro atoms. The Bertz CT molecular complexity index is 196. The Kier molecular flexibility index (Phi) is 2.99. The van der Waals surface area contributed by atoms with Crippen LogP contribution in [0.4, 0.5) is 0 Å². The van der Waals surface area contributed by atoms with Crippen LogP contribution in [0.3, 0.4) is 0 Å². The maximum absolute atomic E-state index is 11.9. The third-order valence-corrected chi connectivity index (χ3v) is 3.44. The van der Waals surface area contributed by atoms with E-state index in [1.165, 1.54) is 12.8 Å².